The van der Waals surface area contributed by atoms with Gasteiger partial charge in [0.1, 0.15) is 5.82 Å². The molecule has 1 aromatic carbocycles. The molecule has 2 N–H and O–H groups in total. The number of likely N-dealkylation sites (tertiary alicyclic amines) is 1. The van der Waals surface area contributed by atoms with Gasteiger partial charge in [0.25, 0.3) is 5.91 Å². The molecule has 1 amide bonds. The highest BCUT2D eigenvalue weighted by Crippen LogP contribution is 2.33. The Bertz CT molecular complexity index is 699. The van der Waals surface area contributed by atoms with Crippen LogP contribution in [0.2, 0.25) is 0 Å². The lowest BCUT2D eigenvalue weighted by atomic mass is 9.90. The summed E-state index contributed by atoms with van der Waals surface area (Å²) in [6.07, 6.45) is 0.942. The Balaban J connectivity index is 1.78. The van der Waals surface area contributed by atoms with Crippen LogP contribution in [0, 0.1) is 11.2 Å². The second-order valence-corrected chi connectivity index (χ2v) is 7.25. The van der Waals surface area contributed by atoms with Crippen molar-refractivity contribution in [2.75, 3.05) is 19.6 Å². The average molecular weight is 318 g/mol. The highest BCUT2D eigenvalue weighted by atomic mass is 32.1. The van der Waals surface area contributed by atoms with E-state index in [0.717, 1.165) is 23.4 Å². The molecular weight excluding hydrogens is 299 g/mol. The second kappa shape index (κ2) is 5.82. The summed E-state index contributed by atoms with van der Waals surface area (Å²) in [5.74, 6) is -0.221. The number of hydrogen-bond donors (Lipinski definition) is 1. The maximum atomic E-state index is 13.3. The van der Waals surface area contributed by atoms with E-state index in [0.29, 0.717) is 18.0 Å². The van der Waals surface area contributed by atoms with E-state index < -0.39 is 0 Å². The Hall–Kier alpha value is -1.72. The fraction of sp³-hybridized carbons (Fsp3) is 0.353. The van der Waals surface area contributed by atoms with E-state index in [2.05, 4.69) is 6.92 Å². The van der Waals surface area contributed by atoms with E-state index in [1.54, 1.807) is 6.07 Å². The molecule has 2 aromatic rings. The van der Waals surface area contributed by atoms with Crippen molar-refractivity contribution in [3.05, 3.63) is 47.1 Å². The van der Waals surface area contributed by atoms with Crippen LogP contribution in [0.1, 0.15) is 23.0 Å². The van der Waals surface area contributed by atoms with Gasteiger partial charge in [0, 0.05) is 18.0 Å². The minimum absolute atomic E-state index is 0.0261. The van der Waals surface area contributed by atoms with Gasteiger partial charge in [0.05, 0.1) is 4.88 Å². The third-order valence-electron chi connectivity index (χ3n) is 4.26. The van der Waals surface area contributed by atoms with Gasteiger partial charge in [-0.05, 0) is 48.2 Å². The van der Waals surface area contributed by atoms with Crippen molar-refractivity contribution in [1.29, 1.82) is 0 Å². The first-order chi connectivity index (χ1) is 10.5. The molecule has 2 heterocycles. The zero-order valence-corrected chi connectivity index (χ0v) is 13.3. The lowest BCUT2D eigenvalue weighted by molar-refractivity contribution is 0.0781. The molecule has 1 atom stereocenters. The van der Waals surface area contributed by atoms with Gasteiger partial charge < -0.3 is 10.6 Å². The molecule has 1 aliphatic rings. The van der Waals surface area contributed by atoms with Crippen LogP contribution >= 0.6 is 11.3 Å². The second-order valence-electron chi connectivity index (χ2n) is 6.17. The summed E-state index contributed by atoms with van der Waals surface area (Å²) < 4.78 is 13.3. The van der Waals surface area contributed by atoms with E-state index in [4.69, 9.17) is 5.73 Å². The number of hydrogen-bond acceptors (Lipinski definition) is 3. The molecule has 3 rings (SSSR count). The largest absolute Gasteiger partial charge is 0.337 e. The van der Waals surface area contributed by atoms with Gasteiger partial charge in [-0.15, -0.1) is 11.3 Å². The number of benzene rings is 1. The molecule has 1 aliphatic heterocycles. The van der Waals surface area contributed by atoms with Gasteiger partial charge in [-0.1, -0.05) is 19.1 Å². The van der Waals surface area contributed by atoms with Crippen molar-refractivity contribution in [2.45, 2.75) is 13.3 Å². The van der Waals surface area contributed by atoms with Gasteiger partial charge in [-0.25, -0.2) is 4.39 Å². The van der Waals surface area contributed by atoms with Crippen molar-refractivity contribution < 1.29 is 9.18 Å². The van der Waals surface area contributed by atoms with Crippen LogP contribution in [0.25, 0.3) is 10.4 Å². The number of nitrogens with zero attached hydrogens (tertiary/aromatic N) is 1. The van der Waals surface area contributed by atoms with Crippen LogP contribution in [0.3, 0.4) is 0 Å². The van der Waals surface area contributed by atoms with E-state index in [1.807, 2.05) is 23.1 Å². The number of carbonyl (C=O) groups excluding carboxylic acids is 1. The minimum Gasteiger partial charge on any atom is -0.337 e. The quantitative estimate of drug-likeness (QED) is 0.943. The zero-order valence-electron chi connectivity index (χ0n) is 12.5. The Labute approximate surface area is 133 Å². The monoisotopic (exact) mass is 318 g/mol. The average Bonchev–Trinajstić information content (AvgIpc) is 3.14. The van der Waals surface area contributed by atoms with Crippen LogP contribution in [0.4, 0.5) is 4.39 Å². The van der Waals surface area contributed by atoms with Gasteiger partial charge in [-0.2, -0.15) is 0 Å². The molecule has 3 nitrogen and oxygen atoms in total. The summed E-state index contributed by atoms with van der Waals surface area (Å²) in [5, 5.41) is 0. The van der Waals surface area contributed by atoms with Crippen molar-refractivity contribution >= 4 is 17.2 Å². The number of rotatable bonds is 3. The molecule has 5 heteroatoms. The molecule has 1 unspecified atom stereocenters. The number of nitrogens with two attached hydrogens (primary N) is 1. The predicted octanol–water partition coefficient (Wildman–Crippen LogP) is 3.37. The van der Waals surface area contributed by atoms with Crippen molar-refractivity contribution in [2.24, 2.45) is 11.1 Å². The molecule has 116 valence electrons. The first kappa shape index (κ1) is 15.2. The van der Waals surface area contributed by atoms with Crippen molar-refractivity contribution in [3.8, 4) is 10.4 Å². The Kier molecular flexibility index (Phi) is 4.02. The molecular formula is C17H19FN2OS. The number of carbonyl (C=O) groups is 1. The van der Waals surface area contributed by atoms with Crippen molar-refractivity contribution in [1.82, 2.24) is 4.90 Å². The van der Waals surface area contributed by atoms with E-state index in [9.17, 15) is 9.18 Å². The molecule has 1 aromatic heterocycles. The molecule has 1 saturated heterocycles. The summed E-state index contributed by atoms with van der Waals surface area (Å²) in [5.41, 5.74) is 6.62. The summed E-state index contributed by atoms with van der Waals surface area (Å²) in [7, 11) is 0. The smallest absolute Gasteiger partial charge is 0.263 e. The summed E-state index contributed by atoms with van der Waals surface area (Å²) >= 11 is 1.41. The third kappa shape index (κ3) is 2.91. The zero-order chi connectivity index (χ0) is 15.7. The third-order valence-corrected chi connectivity index (χ3v) is 5.39. The Morgan fingerprint density at radius 3 is 2.91 bits per heavy atom. The van der Waals surface area contributed by atoms with Crippen LogP contribution in [0.15, 0.2) is 36.4 Å². The number of halogens is 1. The Morgan fingerprint density at radius 2 is 2.23 bits per heavy atom. The van der Waals surface area contributed by atoms with E-state index in [-0.39, 0.29) is 17.1 Å². The standard InChI is InChI=1S/C17H19FN2OS/c1-17(10-19)7-8-20(11-17)16(21)15-6-5-14(22-15)12-3-2-4-13(18)9-12/h2-6,9H,7-8,10-11,19H2,1H3. The normalized spacial score (nSPS) is 21.3. The van der Waals surface area contributed by atoms with Gasteiger partial charge in [0.15, 0.2) is 0 Å². The topological polar surface area (TPSA) is 46.3 Å². The summed E-state index contributed by atoms with van der Waals surface area (Å²) in [6.45, 7) is 4.16. The predicted molar refractivity (Wildman–Crippen MR) is 87.4 cm³/mol. The maximum Gasteiger partial charge on any atom is 0.263 e. The lowest BCUT2D eigenvalue weighted by Gasteiger charge is -2.22. The minimum atomic E-state index is -0.267. The molecule has 0 bridgehead atoms. The summed E-state index contributed by atoms with van der Waals surface area (Å²) in [4.78, 5) is 16.1. The molecule has 0 radical (unpaired) electrons. The first-order valence-electron chi connectivity index (χ1n) is 7.36. The van der Waals surface area contributed by atoms with Crippen molar-refractivity contribution in [3.63, 3.8) is 0 Å². The van der Waals surface area contributed by atoms with Gasteiger partial charge >= 0.3 is 0 Å². The van der Waals surface area contributed by atoms with Gasteiger partial charge in [-0.3, -0.25) is 4.79 Å². The number of thiophene rings is 1. The molecule has 1 fully saturated rings. The van der Waals surface area contributed by atoms with Crippen LogP contribution in [-0.4, -0.2) is 30.4 Å². The van der Waals surface area contributed by atoms with Crippen LogP contribution < -0.4 is 5.73 Å². The first-order valence-corrected chi connectivity index (χ1v) is 8.17. The Morgan fingerprint density at radius 1 is 1.41 bits per heavy atom. The van der Waals surface area contributed by atoms with Crippen LogP contribution in [-0.2, 0) is 0 Å². The summed E-state index contributed by atoms with van der Waals surface area (Å²) in [6, 6.07) is 10.1. The molecule has 0 spiro atoms. The maximum absolute atomic E-state index is 13.3. The van der Waals surface area contributed by atoms with Crippen LogP contribution in [0.5, 0.6) is 0 Å². The highest BCUT2D eigenvalue weighted by Gasteiger charge is 2.35. The highest BCUT2D eigenvalue weighted by molar-refractivity contribution is 7.17. The fourth-order valence-corrected chi connectivity index (χ4v) is 3.74. The molecule has 22 heavy (non-hydrogen) atoms. The molecule has 0 saturated carbocycles. The van der Waals surface area contributed by atoms with E-state index >= 15 is 0 Å². The molecule has 0 aliphatic carbocycles. The van der Waals surface area contributed by atoms with E-state index in [1.165, 1.54) is 23.5 Å². The number of amides is 1. The lowest BCUT2D eigenvalue weighted by Crippen LogP contribution is -2.34. The fourth-order valence-electron chi connectivity index (χ4n) is 2.77. The SMILES string of the molecule is CC1(CN)CCN(C(=O)c2ccc(-c3cccc(F)c3)s2)C1. The van der Waals surface area contributed by atoms with Gasteiger partial charge in [0.2, 0.25) is 0 Å².